The Kier molecular flexibility index (Phi) is 17.1. The number of esters is 2. The van der Waals surface area contributed by atoms with Gasteiger partial charge in [0, 0.05) is 29.7 Å². The Labute approximate surface area is 366 Å². The third-order valence-electron chi connectivity index (χ3n) is 8.62. The van der Waals surface area contributed by atoms with Crippen molar-refractivity contribution in [3.8, 4) is 0 Å². The minimum absolute atomic E-state index is 0. The van der Waals surface area contributed by atoms with Crippen LogP contribution in [-0.2, 0) is 46.2 Å². The summed E-state index contributed by atoms with van der Waals surface area (Å²) in [6.45, 7) is 10.0. The van der Waals surface area contributed by atoms with Gasteiger partial charge in [0.15, 0.2) is 0 Å². The Morgan fingerprint density at radius 1 is 0.683 bits per heavy atom. The van der Waals surface area contributed by atoms with Gasteiger partial charge in [0.2, 0.25) is 11.8 Å². The van der Waals surface area contributed by atoms with Crippen LogP contribution in [-0.4, -0.2) is 78.0 Å². The molecule has 0 bridgehead atoms. The first-order valence-corrected chi connectivity index (χ1v) is 18.9. The molecule has 0 saturated carbocycles. The zero-order valence-corrected chi connectivity index (χ0v) is 37.0. The summed E-state index contributed by atoms with van der Waals surface area (Å²) >= 11 is 0. The van der Waals surface area contributed by atoms with Gasteiger partial charge >= 0.3 is 18.0 Å². The number of hydrogen-bond acceptors (Lipinski definition) is 10. The maximum absolute atomic E-state index is 13.9. The summed E-state index contributed by atoms with van der Waals surface area (Å²) in [4.78, 5) is 80.2. The van der Waals surface area contributed by atoms with Gasteiger partial charge in [0.1, 0.15) is 35.2 Å². The lowest BCUT2D eigenvalue weighted by Crippen LogP contribution is -2.53. The topological polar surface area (TPSA) is 228 Å². The van der Waals surface area contributed by atoms with Crippen LogP contribution in [0.1, 0.15) is 75.0 Å². The molecule has 3 atom stereocenters. The predicted molar refractivity (Wildman–Crippen MR) is 238 cm³/mol. The molecule has 1 unspecified atom stereocenters. The summed E-state index contributed by atoms with van der Waals surface area (Å²) in [6.07, 6.45) is -1.30. The van der Waals surface area contributed by atoms with Crippen LogP contribution >= 0.6 is 24.0 Å². The van der Waals surface area contributed by atoms with E-state index in [4.69, 9.17) is 25.4 Å². The van der Waals surface area contributed by atoms with Crippen LogP contribution < -0.4 is 27.0 Å². The Hall–Kier alpha value is -6.04. The van der Waals surface area contributed by atoms with E-state index in [2.05, 4.69) is 21.3 Å². The highest BCUT2D eigenvalue weighted by molar-refractivity contribution is 14.0. The lowest BCUT2D eigenvalue weighted by atomic mass is 9.98. The summed E-state index contributed by atoms with van der Waals surface area (Å²) in [6, 6.07) is 21.8. The van der Waals surface area contributed by atoms with Crippen molar-refractivity contribution < 1.29 is 43.0 Å². The van der Waals surface area contributed by atoms with E-state index >= 15 is 0 Å². The molecule has 15 nitrogen and oxygen atoms in total. The Morgan fingerprint density at radius 3 is 1.95 bits per heavy atom. The highest BCUT2D eigenvalue weighted by Crippen LogP contribution is 2.21. The summed E-state index contributed by atoms with van der Waals surface area (Å²) in [5, 5.41) is 20.0. The van der Waals surface area contributed by atoms with E-state index in [9.17, 15) is 28.8 Å². The van der Waals surface area contributed by atoms with E-state index < -0.39 is 71.5 Å². The zero-order chi connectivity index (χ0) is 43.5. The molecule has 0 heterocycles. The molecule has 0 spiro atoms. The number of anilines is 1. The standard InChI is InChI=1S/C44H52N6O9.HI/c1-43(2,3)58-36(51)25-34(40(54)49-35(41(55)57-7)24-29-14-10-13-27-12-8-9-17-32(27)29)48-38(52)30-15-11-16-31(23-30)47-39(53)33(50-42(56)59-44(4,5)6)22-26-18-20-28(21-19-26)37(45)46;/h8-21,23,33-35H,22,24-25H2,1-7H3,(H3,45,46)(H,47,53)(H,48,52)(H,49,54)(H,50,56);1H/t33?,34-,35-;/m0./s1. The van der Waals surface area contributed by atoms with Crippen LogP contribution in [0, 0.1) is 5.41 Å². The van der Waals surface area contributed by atoms with Crippen molar-refractivity contribution in [3.05, 3.63) is 113 Å². The van der Waals surface area contributed by atoms with E-state index in [1.165, 1.54) is 31.4 Å². The average molecular weight is 937 g/mol. The van der Waals surface area contributed by atoms with Gasteiger partial charge in [-0.1, -0.05) is 72.8 Å². The molecule has 0 aliphatic rings. The normalized spacial score (nSPS) is 12.7. The number of halogens is 1. The number of ether oxygens (including phenoxy) is 3. The van der Waals surface area contributed by atoms with Gasteiger partial charge in [-0.15, -0.1) is 24.0 Å². The number of carbonyl (C=O) groups is 6. The average Bonchev–Trinajstić information content (AvgIpc) is 3.15. The molecular formula is C44H53IN6O9. The maximum atomic E-state index is 13.9. The third kappa shape index (κ3) is 15.0. The van der Waals surface area contributed by atoms with Crippen LogP contribution in [0.2, 0.25) is 0 Å². The summed E-state index contributed by atoms with van der Waals surface area (Å²) in [7, 11) is 1.19. The van der Waals surface area contributed by atoms with Crippen molar-refractivity contribution in [1.29, 1.82) is 5.41 Å². The number of benzene rings is 4. The monoisotopic (exact) mass is 936 g/mol. The van der Waals surface area contributed by atoms with E-state index in [0.717, 1.165) is 16.3 Å². The quantitative estimate of drug-likeness (QED) is 0.0287. The molecule has 0 aromatic heterocycles. The minimum Gasteiger partial charge on any atom is -0.467 e. The van der Waals surface area contributed by atoms with Gasteiger partial charge in [-0.2, -0.15) is 0 Å². The van der Waals surface area contributed by atoms with Crippen molar-refractivity contribution in [2.45, 2.75) is 90.1 Å². The van der Waals surface area contributed by atoms with Crippen molar-refractivity contribution in [2.75, 3.05) is 12.4 Å². The lowest BCUT2D eigenvalue weighted by Gasteiger charge is -2.24. The van der Waals surface area contributed by atoms with Gasteiger partial charge < -0.3 is 41.2 Å². The number of amides is 4. The van der Waals surface area contributed by atoms with Crippen LogP contribution in [0.5, 0.6) is 0 Å². The molecule has 4 aromatic rings. The fourth-order valence-electron chi connectivity index (χ4n) is 5.98. The number of rotatable bonds is 15. The zero-order valence-electron chi connectivity index (χ0n) is 34.7. The number of fused-ring (bicyclic) bond motifs is 1. The van der Waals surface area contributed by atoms with E-state index in [0.29, 0.717) is 11.1 Å². The molecule has 320 valence electrons. The molecule has 4 aromatic carbocycles. The number of nitrogens with two attached hydrogens (primary N) is 1. The number of methoxy groups -OCH3 is 1. The van der Waals surface area contributed by atoms with Crippen LogP contribution in [0.15, 0.2) is 91.0 Å². The second kappa shape index (κ2) is 21.3. The van der Waals surface area contributed by atoms with E-state index in [-0.39, 0.29) is 53.9 Å². The molecule has 0 aliphatic heterocycles. The number of carbonyl (C=O) groups excluding carboxylic acids is 6. The molecule has 0 aliphatic carbocycles. The number of nitrogen functional groups attached to an aromatic ring is 1. The fourth-order valence-corrected chi connectivity index (χ4v) is 5.98. The lowest BCUT2D eigenvalue weighted by molar-refractivity contribution is -0.156. The highest BCUT2D eigenvalue weighted by Gasteiger charge is 2.32. The smallest absolute Gasteiger partial charge is 0.408 e. The Morgan fingerprint density at radius 2 is 1.32 bits per heavy atom. The second-order valence-electron chi connectivity index (χ2n) is 15.8. The molecule has 7 N–H and O–H groups in total. The molecule has 0 fully saturated rings. The van der Waals surface area contributed by atoms with Crippen LogP contribution in [0.3, 0.4) is 0 Å². The van der Waals surface area contributed by atoms with E-state index in [1.807, 2.05) is 42.5 Å². The summed E-state index contributed by atoms with van der Waals surface area (Å²) in [5.41, 5.74) is 5.94. The summed E-state index contributed by atoms with van der Waals surface area (Å²) < 4.78 is 15.9. The minimum atomic E-state index is -1.49. The number of amidine groups is 1. The first-order chi connectivity index (χ1) is 27.7. The number of nitrogens with one attached hydrogen (secondary N) is 5. The first-order valence-electron chi connectivity index (χ1n) is 18.9. The molecule has 0 saturated heterocycles. The fraction of sp³-hybridized carbons (Fsp3) is 0.341. The van der Waals surface area contributed by atoms with Gasteiger partial charge in [-0.3, -0.25) is 24.6 Å². The Bertz CT molecular complexity index is 2190. The highest BCUT2D eigenvalue weighted by atomic mass is 127. The van der Waals surface area contributed by atoms with Crippen molar-refractivity contribution in [1.82, 2.24) is 16.0 Å². The molecule has 4 rings (SSSR count). The predicted octanol–water partition coefficient (Wildman–Crippen LogP) is 5.55. The van der Waals surface area contributed by atoms with Crippen molar-refractivity contribution >= 4 is 82.0 Å². The van der Waals surface area contributed by atoms with Gasteiger partial charge in [0.05, 0.1) is 13.5 Å². The first kappa shape index (κ1) is 48.3. The van der Waals surface area contributed by atoms with Crippen molar-refractivity contribution in [3.63, 3.8) is 0 Å². The third-order valence-corrected chi connectivity index (χ3v) is 8.62. The molecule has 16 heteroatoms. The maximum Gasteiger partial charge on any atom is 0.408 e. The van der Waals surface area contributed by atoms with Gasteiger partial charge in [-0.05, 0) is 81.6 Å². The number of alkyl carbamates (subject to hydrolysis) is 1. The molecule has 0 radical (unpaired) electrons. The molecular weight excluding hydrogens is 883 g/mol. The van der Waals surface area contributed by atoms with Crippen molar-refractivity contribution in [2.24, 2.45) is 5.73 Å². The SMILES string of the molecule is COC(=O)[C@H](Cc1cccc2ccccc12)NC(=O)[C@H](CC(=O)OC(C)(C)C)NC(=O)c1cccc(NC(=O)C(Cc2ccc(C(=N)N)cc2)NC(=O)OC(C)(C)C)c1.I. The molecule has 4 amide bonds. The summed E-state index contributed by atoms with van der Waals surface area (Å²) in [5.74, 6) is -3.88. The van der Waals surface area contributed by atoms with Crippen LogP contribution in [0.4, 0.5) is 10.5 Å². The van der Waals surface area contributed by atoms with Crippen LogP contribution in [0.25, 0.3) is 10.8 Å². The molecule has 60 heavy (non-hydrogen) atoms. The number of hydrogen-bond donors (Lipinski definition) is 6. The Balaban J connectivity index is 0.00000961. The van der Waals surface area contributed by atoms with E-state index in [1.54, 1.807) is 65.8 Å². The second-order valence-corrected chi connectivity index (χ2v) is 15.8. The van der Waals surface area contributed by atoms with Gasteiger partial charge in [0.25, 0.3) is 5.91 Å². The largest absolute Gasteiger partial charge is 0.467 e. The van der Waals surface area contributed by atoms with Gasteiger partial charge in [-0.25, -0.2) is 9.59 Å².